The van der Waals surface area contributed by atoms with E-state index in [0.717, 1.165) is 43.6 Å². The number of nitro groups is 1. The average Bonchev–Trinajstić information content (AvgIpc) is 3.49. The molecule has 3 aromatic rings. The molecular weight excluding hydrogens is 480 g/mol. The first-order valence-corrected chi connectivity index (χ1v) is 12.8. The number of thioether (sulfide) groups is 2. The van der Waals surface area contributed by atoms with E-state index in [0.29, 0.717) is 23.0 Å². The maximum atomic E-state index is 13.3. The lowest BCUT2D eigenvalue weighted by Crippen LogP contribution is -2.29. The zero-order valence-corrected chi connectivity index (χ0v) is 20.7. The van der Waals surface area contributed by atoms with E-state index in [4.69, 9.17) is 4.99 Å². The van der Waals surface area contributed by atoms with Crippen LogP contribution in [0, 0.1) is 10.1 Å². The van der Waals surface area contributed by atoms with E-state index in [1.807, 2.05) is 50.4 Å². The summed E-state index contributed by atoms with van der Waals surface area (Å²) in [6.07, 6.45) is 0.629. The normalized spacial score (nSPS) is 19.4. The Labute approximate surface area is 210 Å². The molecule has 7 nitrogen and oxygen atoms in total. The maximum Gasteiger partial charge on any atom is 0.269 e. The van der Waals surface area contributed by atoms with E-state index in [9.17, 15) is 14.9 Å². The second kappa shape index (κ2) is 8.28. The molecule has 2 aliphatic heterocycles. The number of nitrogens with zero attached hydrogens (tertiary/aromatic N) is 4. The molecule has 0 saturated carbocycles. The zero-order chi connectivity index (χ0) is 24.3. The molecule has 2 heterocycles. The molecule has 0 bridgehead atoms. The third-order valence-electron chi connectivity index (χ3n) is 6.40. The van der Waals surface area contributed by atoms with Crippen molar-refractivity contribution < 1.29 is 9.72 Å². The molecule has 0 atom stereocenters. The Morgan fingerprint density at radius 3 is 2.51 bits per heavy atom. The third kappa shape index (κ3) is 3.54. The lowest BCUT2D eigenvalue weighted by atomic mass is 10.1. The standard InChI is InChI=1S/C26H20N4O3S2/c1-3-29-24(31)23(25-28(2)21-6-4-5-7-22(21)34-25)35-26(29)27-17-8-10-19-15(13-17)12-16-14-18(30(32)33)9-11-20(16)19/h4-11,13-14H,3,12H2,1-2H3. The van der Waals surface area contributed by atoms with Crippen LogP contribution in [0.1, 0.15) is 18.1 Å². The Morgan fingerprint density at radius 2 is 1.77 bits per heavy atom. The Morgan fingerprint density at radius 1 is 1.03 bits per heavy atom. The number of hydrogen-bond acceptors (Lipinski definition) is 7. The molecule has 0 radical (unpaired) electrons. The third-order valence-corrected chi connectivity index (χ3v) is 8.83. The second-order valence-corrected chi connectivity index (χ2v) is 10.4. The highest BCUT2D eigenvalue weighted by molar-refractivity contribution is 8.19. The van der Waals surface area contributed by atoms with Crippen molar-refractivity contribution in [3.8, 4) is 11.1 Å². The van der Waals surface area contributed by atoms with Gasteiger partial charge in [0.15, 0.2) is 5.17 Å². The van der Waals surface area contributed by atoms with Gasteiger partial charge in [0.05, 0.1) is 21.3 Å². The molecule has 0 unspecified atom stereocenters. The van der Waals surface area contributed by atoms with Crippen molar-refractivity contribution in [3.63, 3.8) is 0 Å². The van der Waals surface area contributed by atoms with Crippen LogP contribution >= 0.6 is 23.5 Å². The van der Waals surface area contributed by atoms with Gasteiger partial charge in [0.1, 0.15) is 4.91 Å². The van der Waals surface area contributed by atoms with Crippen LogP contribution in [-0.2, 0) is 11.2 Å². The number of nitro benzene ring substituents is 1. The fraction of sp³-hybridized carbons (Fsp3) is 0.154. The predicted octanol–water partition coefficient (Wildman–Crippen LogP) is 6.16. The highest BCUT2D eigenvalue weighted by atomic mass is 32.2. The van der Waals surface area contributed by atoms with Gasteiger partial charge >= 0.3 is 0 Å². The Balaban J connectivity index is 1.33. The number of fused-ring (bicyclic) bond motifs is 4. The van der Waals surface area contributed by atoms with E-state index in [1.165, 1.54) is 11.8 Å². The van der Waals surface area contributed by atoms with Crippen molar-refractivity contribution in [2.24, 2.45) is 4.99 Å². The lowest BCUT2D eigenvalue weighted by Gasteiger charge is -2.15. The van der Waals surface area contributed by atoms with Gasteiger partial charge in [-0.3, -0.25) is 19.8 Å². The Kier molecular flexibility index (Phi) is 5.19. The van der Waals surface area contributed by atoms with Crippen molar-refractivity contribution in [1.82, 2.24) is 4.90 Å². The van der Waals surface area contributed by atoms with E-state index >= 15 is 0 Å². The lowest BCUT2D eigenvalue weighted by molar-refractivity contribution is -0.384. The van der Waals surface area contributed by atoms with Crippen molar-refractivity contribution in [1.29, 1.82) is 0 Å². The van der Waals surface area contributed by atoms with Crippen molar-refractivity contribution in [2.45, 2.75) is 18.2 Å². The largest absolute Gasteiger partial charge is 0.337 e. The van der Waals surface area contributed by atoms with Crippen LogP contribution in [0.3, 0.4) is 0 Å². The molecule has 3 aromatic carbocycles. The summed E-state index contributed by atoms with van der Waals surface area (Å²) in [5.74, 6) is -0.0284. The van der Waals surface area contributed by atoms with Crippen molar-refractivity contribution in [3.05, 3.63) is 91.8 Å². The molecule has 0 N–H and O–H groups in total. The molecule has 6 rings (SSSR count). The quantitative estimate of drug-likeness (QED) is 0.190. The molecule has 0 spiro atoms. The number of benzene rings is 3. The summed E-state index contributed by atoms with van der Waals surface area (Å²) in [5.41, 5.74) is 6.10. The average molecular weight is 501 g/mol. The molecule has 35 heavy (non-hydrogen) atoms. The molecular formula is C26H20N4O3S2. The van der Waals surface area contributed by atoms with Crippen LogP contribution in [0.2, 0.25) is 0 Å². The SMILES string of the molecule is CCN1C(=O)C(=C2Sc3ccccc3N2C)SC1=Nc1ccc2c(c1)Cc1cc([N+](=O)[O-])ccc1-2. The van der Waals surface area contributed by atoms with Gasteiger partial charge in [-0.25, -0.2) is 4.99 Å². The zero-order valence-electron chi connectivity index (χ0n) is 19.0. The fourth-order valence-corrected chi connectivity index (χ4v) is 7.08. The summed E-state index contributed by atoms with van der Waals surface area (Å²) in [6, 6.07) is 19.1. The summed E-state index contributed by atoms with van der Waals surface area (Å²) < 4.78 is 0. The minimum Gasteiger partial charge on any atom is -0.337 e. The van der Waals surface area contributed by atoms with E-state index < -0.39 is 0 Å². The molecule has 174 valence electrons. The number of likely N-dealkylation sites (N-methyl/N-ethyl adjacent to an activating group) is 1. The van der Waals surface area contributed by atoms with Gasteiger partial charge in [-0.15, -0.1) is 0 Å². The number of amides is 1. The summed E-state index contributed by atoms with van der Waals surface area (Å²) in [5, 5.41) is 12.7. The van der Waals surface area contributed by atoms with Crippen molar-refractivity contribution in [2.75, 3.05) is 18.5 Å². The van der Waals surface area contributed by atoms with Crippen LogP contribution in [0.15, 0.2) is 80.5 Å². The first kappa shape index (κ1) is 21.9. The molecule has 1 saturated heterocycles. The number of para-hydroxylation sites is 1. The Bertz CT molecular complexity index is 1500. The second-order valence-electron chi connectivity index (χ2n) is 8.43. The van der Waals surface area contributed by atoms with E-state index in [2.05, 4.69) is 17.0 Å². The first-order chi connectivity index (χ1) is 16.9. The van der Waals surface area contributed by atoms with Gasteiger partial charge in [0, 0.05) is 30.6 Å². The number of anilines is 1. The van der Waals surface area contributed by atoms with Gasteiger partial charge < -0.3 is 4.90 Å². The molecule has 1 aliphatic carbocycles. The number of rotatable bonds is 3. The van der Waals surface area contributed by atoms with Crippen LogP contribution in [0.5, 0.6) is 0 Å². The van der Waals surface area contributed by atoms with Crippen LogP contribution in [0.4, 0.5) is 17.1 Å². The summed E-state index contributed by atoms with van der Waals surface area (Å²) in [4.78, 5) is 34.6. The van der Waals surface area contributed by atoms with E-state index in [1.54, 1.807) is 28.8 Å². The minimum absolute atomic E-state index is 0.0284. The van der Waals surface area contributed by atoms with E-state index in [-0.39, 0.29) is 16.5 Å². The summed E-state index contributed by atoms with van der Waals surface area (Å²) in [7, 11) is 1.99. The molecule has 1 fully saturated rings. The van der Waals surface area contributed by atoms with Gasteiger partial charge in [0.2, 0.25) is 0 Å². The molecule has 3 aliphatic rings. The minimum atomic E-state index is -0.362. The van der Waals surface area contributed by atoms with Gasteiger partial charge in [0.25, 0.3) is 11.6 Å². The molecule has 0 aromatic heterocycles. The smallest absolute Gasteiger partial charge is 0.269 e. The van der Waals surface area contributed by atoms with Gasteiger partial charge in [-0.1, -0.05) is 30.0 Å². The molecule has 1 amide bonds. The number of carbonyl (C=O) groups is 1. The first-order valence-electron chi connectivity index (χ1n) is 11.2. The highest BCUT2D eigenvalue weighted by Gasteiger charge is 2.38. The van der Waals surface area contributed by atoms with Gasteiger partial charge in [-0.2, -0.15) is 0 Å². The monoisotopic (exact) mass is 500 g/mol. The van der Waals surface area contributed by atoms with Crippen LogP contribution in [0.25, 0.3) is 11.1 Å². The number of aliphatic imine (C=N–C) groups is 1. The highest BCUT2D eigenvalue weighted by Crippen LogP contribution is 2.50. The topological polar surface area (TPSA) is 79.0 Å². The van der Waals surface area contributed by atoms with Crippen LogP contribution < -0.4 is 4.90 Å². The predicted molar refractivity (Wildman–Crippen MR) is 141 cm³/mol. The molecule has 9 heteroatoms. The number of non-ortho nitro benzene ring substituents is 1. The number of amidine groups is 1. The van der Waals surface area contributed by atoms with Crippen molar-refractivity contribution >= 4 is 51.7 Å². The van der Waals surface area contributed by atoms with Gasteiger partial charge in [-0.05, 0) is 77.7 Å². The summed E-state index contributed by atoms with van der Waals surface area (Å²) in [6.45, 7) is 2.48. The summed E-state index contributed by atoms with van der Waals surface area (Å²) >= 11 is 3.03. The number of carbonyl (C=O) groups excluding carboxylic acids is 1. The van der Waals surface area contributed by atoms with Crippen LogP contribution in [-0.4, -0.2) is 34.5 Å². The maximum absolute atomic E-state index is 13.3. The Hall–Kier alpha value is -3.56. The fourth-order valence-electron chi connectivity index (χ4n) is 4.67. The number of hydrogen-bond donors (Lipinski definition) is 0.